The normalized spacial score (nSPS) is 20.3. The minimum Gasteiger partial charge on any atom is -0.495 e. The monoisotopic (exact) mass is 417 g/mol. The first-order valence-electron chi connectivity index (χ1n) is 10.1. The van der Waals surface area contributed by atoms with E-state index in [1.54, 1.807) is 36.1 Å². The van der Waals surface area contributed by atoms with Crippen molar-refractivity contribution in [3.63, 3.8) is 0 Å². The molecule has 1 aromatic heterocycles. The van der Waals surface area contributed by atoms with Gasteiger partial charge in [-0.15, -0.1) is 0 Å². The van der Waals surface area contributed by atoms with Crippen LogP contribution < -0.4 is 10.3 Å². The number of nitrogens with zero attached hydrogens (tertiary/aromatic N) is 1. The molecule has 1 aromatic carbocycles. The van der Waals surface area contributed by atoms with Crippen molar-refractivity contribution in [1.29, 1.82) is 0 Å². The van der Waals surface area contributed by atoms with Crippen LogP contribution in [0.15, 0.2) is 35.3 Å². The number of hydrogen-bond donors (Lipinski definition) is 1. The predicted molar refractivity (Wildman–Crippen MR) is 115 cm³/mol. The molecule has 0 saturated heterocycles. The average Bonchev–Trinajstić information content (AvgIpc) is 2.69. The fourth-order valence-corrected chi connectivity index (χ4v) is 4.44. The number of rotatable bonds is 6. The minimum absolute atomic E-state index is 0.0114. The number of aliphatic hydroxyl groups excluding tert-OH is 1. The highest BCUT2D eigenvalue weighted by Gasteiger charge is 2.23. The summed E-state index contributed by atoms with van der Waals surface area (Å²) in [5.41, 5.74) is 1.52. The van der Waals surface area contributed by atoms with Crippen LogP contribution in [0, 0.1) is 5.92 Å². The fraction of sp³-hybridized carbons (Fsp3) is 0.478. The standard InChI is InChI=1S/C23H28ClNO4/c1-14(10-16-4-7-18(27)8-5-16)25-13-22(29-3)21(12-23(25)28)20-11-17(24)6-9-19(20)15(2)26/h6,9,11-14,16,18,27H,4-5,7-8,10H2,1-3H3. The van der Waals surface area contributed by atoms with Crippen molar-refractivity contribution in [2.75, 3.05) is 7.11 Å². The maximum Gasteiger partial charge on any atom is 0.251 e. The Morgan fingerprint density at radius 1 is 1.24 bits per heavy atom. The second-order valence-corrected chi connectivity index (χ2v) is 8.44. The van der Waals surface area contributed by atoms with E-state index >= 15 is 0 Å². The van der Waals surface area contributed by atoms with Gasteiger partial charge in [-0.1, -0.05) is 11.6 Å². The van der Waals surface area contributed by atoms with E-state index < -0.39 is 0 Å². The molecular formula is C23H28ClNO4. The van der Waals surface area contributed by atoms with Crippen LogP contribution in [0.1, 0.15) is 62.4 Å². The number of pyridine rings is 1. The number of Topliss-reactive ketones (excluding diaryl/α,β-unsaturated/α-hetero) is 1. The molecule has 1 unspecified atom stereocenters. The number of benzene rings is 1. The van der Waals surface area contributed by atoms with E-state index in [4.69, 9.17) is 16.3 Å². The Morgan fingerprint density at radius 3 is 2.55 bits per heavy atom. The maximum absolute atomic E-state index is 12.9. The molecule has 29 heavy (non-hydrogen) atoms. The lowest BCUT2D eigenvalue weighted by atomic mass is 9.83. The molecule has 0 spiro atoms. The Bertz CT molecular complexity index is 944. The van der Waals surface area contributed by atoms with Gasteiger partial charge in [0.2, 0.25) is 0 Å². The summed E-state index contributed by atoms with van der Waals surface area (Å²) in [4.78, 5) is 25.0. The van der Waals surface area contributed by atoms with Gasteiger partial charge in [-0.25, -0.2) is 0 Å². The van der Waals surface area contributed by atoms with E-state index in [0.717, 1.165) is 32.1 Å². The van der Waals surface area contributed by atoms with Gasteiger partial charge in [0, 0.05) is 28.3 Å². The van der Waals surface area contributed by atoms with Gasteiger partial charge in [0.05, 0.1) is 19.4 Å². The van der Waals surface area contributed by atoms with Crippen LogP contribution in [-0.2, 0) is 0 Å². The fourth-order valence-electron chi connectivity index (χ4n) is 4.27. The number of hydrogen-bond acceptors (Lipinski definition) is 4. The summed E-state index contributed by atoms with van der Waals surface area (Å²) in [6.07, 6.45) is 6.06. The van der Waals surface area contributed by atoms with Crippen LogP contribution in [0.3, 0.4) is 0 Å². The molecule has 1 atom stereocenters. The summed E-state index contributed by atoms with van der Waals surface area (Å²) in [5, 5.41) is 10.2. The molecule has 1 aliphatic carbocycles. The average molecular weight is 418 g/mol. The van der Waals surface area contributed by atoms with Crippen molar-refractivity contribution in [2.24, 2.45) is 5.92 Å². The van der Waals surface area contributed by atoms with E-state index in [1.807, 2.05) is 6.92 Å². The first-order valence-corrected chi connectivity index (χ1v) is 10.5. The van der Waals surface area contributed by atoms with Crippen molar-refractivity contribution < 1.29 is 14.6 Å². The van der Waals surface area contributed by atoms with Gasteiger partial charge in [-0.05, 0) is 75.6 Å². The van der Waals surface area contributed by atoms with E-state index in [9.17, 15) is 14.7 Å². The number of aromatic nitrogens is 1. The van der Waals surface area contributed by atoms with Crippen LogP contribution >= 0.6 is 11.6 Å². The highest BCUT2D eigenvalue weighted by Crippen LogP contribution is 2.35. The van der Waals surface area contributed by atoms with E-state index in [0.29, 0.717) is 33.4 Å². The SMILES string of the molecule is COc1cn(C(C)CC2CCC(O)CC2)c(=O)cc1-c1cc(Cl)ccc1C(C)=O. The van der Waals surface area contributed by atoms with Crippen LogP contribution in [0.2, 0.25) is 5.02 Å². The second kappa shape index (κ2) is 9.14. The first-order chi connectivity index (χ1) is 13.8. The zero-order valence-corrected chi connectivity index (χ0v) is 17.9. The van der Waals surface area contributed by atoms with E-state index in [2.05, 4.69) is 0 Å². The van der Waals surface area contributed by atoms with Crippen molar-refractivity contribution in [1.82, 2.24) is 4.57 Å². The Kier molecular flexibility index (Phi) is 6.81. The number of aliphatic hydroxyl groups is 1. The maximum atomic E-state index is 12.9. The molecule has 1 saturated carbocycles. The van der Waals surface area contributed by atoms with Crippen molar-refractivity contribution >= 4 is 17.4 Å². The number of ether oxygens (including phenoxy) is 1. The Labute approximate surface area is 176 Å². The van der Waals surface area contributed by atoms with Gasteiger partial charge in [0.1, 0.15) is 5.75 Å². The van der Waals surface area contributed by atoms with Crippen LogP contribution in [0.25, 0.3) is 11.1 Å². The molecular weight excluding hydrogens is 390 g/mol. The number of carbonyl (C=O) groups excluding carboxylic acids is 1. The molecule has 0 amide bonds. The molecule has 3 rings (SSSR count). The molecule has 1 N–H and O–H groups in total. The lowest BCUT2D eigenvalue weighted by Crippen LogP contribution is -2.26. The summed E-state index contributed by atoms with van der Waals surface area (Å²) < 4.78 is 7.28. The number of methoxy groups -OCH3 is 1. The topological polar surface area (TPSA) is 68.5 Å². The van der Waals surface area contributed by atoms with Crippen LogP contribution in [0.4, 0.5) is 0 Å². The largest absolute Gasteiger partial charge is 0.495 e. The summed E-state index contributed by atoms with van der Waals surface area (Å²) in [6.45, 7) is 3.52. The Hall–Kier alpha value is -2.11. The molecule has 1 heterocycles. The third-order valence-corrected chi connectivity index (χ3v) is 6.12. The van der Waals surface area contributed by atoms with Crippen molar-refractivity contribution in [3.05, 3.63) is 51.4 Å². The lowest BCUT2D eigenvalue weighted by molar-refractivity contribution is 0.101. The van der Waals surface area contributed by atoms with Gasteiger partial charge in [-0.3, -0.25) is 9.59 Å². The molecule has 0 radical (unpaired) electrons. The summed E-state index contributed by atoms with van der Waals surface area (Å²) in [6, 6.07) is 6.57. The minimum atomic E-state index is -0.183. The van der Waals surface area contributed by atoms with Gasteiger partial charge in [0.25, 0.3) is 5.56 Å². The van der Waals surface area contributed by atoms with Gasteiger partial charge < -0.3 is 14.4 Å². The first kappa shape index (κ1) is 21.6. The lowest BCUT2D eigenvalue weighted by Gasteiger charge is -2.28. The van der Waals surface area contributed by atoms with Crippen LogP contribution in [-0.4, -0.2) is 28.7 Å². The third kappa shape index (κ3) is 4.90. The molecule has 2 aromatic rings. The van der Waals surface area contributed by atoms with Gasteiger partial charge >= 0.3 is 0 Å². The zero-order valence-electron chi connectivity index (χ0n) is 17.2. The summed E-state index contributed by atoms with van der Waals surface area (Å²) in [5.74, 6) is 0.930. The zero-order chi connectivity index (χ0) is 21.1. The van der Waals surface area contributed by atoms with Gasteiger partial charge in [-0.2, -0.15) is 0 Å². The highest BCUT2D eigenvalue weighted by atomic mass is 35.5. The Balaban J connectivity index is 1.95. The smallest absolute Gasteiger partial charge is 0.251 e. The van der Waals surface area contributed by atoms with Crippen molar-refractivity contribution in [2.45, 2.75) is 58.1 Å². The third-order valence-electron chi connectivity index (χ3n) is 5.88. The van der Waals surface area contributed by atoms with E-state index in [1.165, 1.54) is 13.0 Å². The van der Waals surface area contributed by atoms with Gasteiger partial charge in [0.15, 0.2) is 5.78 Å². The molecule has 5 nitrogen and oxygen atoms in total. The number of ketones is 1. The molecule has 6 heteroatoms. The molecule has 0 bridgehead atoms. The Morgan fingerprint density at radius 2 is 1.93 bits per heavy atom. The summed E-state index contributed by atoms with van der Waals surface area (Å²) in [7, 11) is 1.55. The molecule has 1 aliphatic rings. The number of halogens is 1. The van der Waals surface area contributed by atoms with Crippen molar-refractivity contribution in [3.8, 4) is 16.9 Å². The highest BCUT2D eigenvalue weighted by molar-refractivity contribution is 6.31. The van der Waals surface area contributed by atoms with Crippen LogP contribution in [0.5, 0.6) is 5.75 Å². The molecule has 0 aliphatic heterocycles. The number of carbonyl (C=O) groups is 1. The quantitative estimate of drug-likeness (QED) is 0.680. The summed E-state index contributed by atoms with van der Waals surface area (Å²) >= 11 is 6.15. The molecule has 1 fully saturated rings. The second-order valence-electron chi connectivity index (χ2n) is 8.01. The predicted octanol–water partition coefficient (Wildman–Crippen LogP) is 4.88. The molecule has 156 valence electrons. The van der Waals surface area contributed by atoms with E-state index in [-0.39, 0.29) is 23.5 Å².